The predicted molar refractivity (Wildman–Crippen MR) is 59.2 cm³/mol. The molecule has 0 spiro atoms. The van der Waals surface area contributed by atoms with Crippen LogP contribution in [0.3, 0.4) is 0 Å². The van der Waals surface area contributed by atoms with E-state index >= 15 is 0 Å². The standard InChI is InChI=1S/C11H7NO5/c13-9-5-8(11(14)15)6-3-1-2-4-7(6)10(9)12(16)17/h1-5,13H,(H,14,15). The molecule has 86 valence electrons. The maximum absolute atomic E-state index is 11.0. The molecule has 2 aromatic carbocycles. The van der Waals surface area contributed by atoms with E-state index in [1.807, 2.05) is 0 Å². The van der Waals surface area contributed by atoms with Crippen LogP contribution in [0.25, 0.3) is 10.8 Å². The first-order valence-electron chi connectivity index (χ1n) is 4.64. The minimum absolute atomic E-state index is 0.106. The van der Waals surface area contributed by atoms with Crippen LogP contribution in [0.5, 0.6) is 5.75 Å². The van der Waals surface area contributed by atoms with Gasteiger partial charge in [0.2, 0.25) is 0 Å². The highest BCUT2D eigenvalue weighted by molar-refractivity contribution is 6.08. The van der Waals surface area contributed by atoms with E-state index in [4.69, 9.17) is 5.11 Å². The third-order valence-corrected chi connectivity index (χ3v) is 2.41. The van der Waals surface area contributed by atoms with Crippen LogP contribution in [-0.4, -0.2) is 21.1 Å². The average Bonchev–Trinajstić information content (AvgIpc) is 2.27. The van der Waals surface area contributed by atoms with Crippen LogP contribution in [0.4, 0.5) is 5.69 Å². The zero-order chi connectivity index (χ0) is 12.6. The summed E-state index contributed by atoms with van der Waals surface area (Å²) in [6.07, 6.45) is 0. The monoisotopic (exact) mass is 233 g/mol. The minimum Gasteiger partial charge on any atom is -0.502 e. The number of fused-ring (bicyclic) bond motifs is 1. The molecule has 2 rings (SSSR count). The Kier molecular flexibility index (Phi) is 2.40. The second kappa shape index (κ2) is 3.75. The van der Waals surface area contributed by atoms with Gasteiger partial charge in [-0.1, -0.05) is 18.2 Å². The number of phenolic OH excluding ortho intramolecular Hbond substituents is 1. The highest BCUT2D eigenvalue weighted by atomic mass is 16.6. The van der Waals surface area contributed by atoms with Crippen LogP contribution >= 0.6 is 0 Å². The Balaban J connectivity index is 2.97. The molecule has 0 fully saturated rings. The molecule has 0 atom stereocenters. The number of aromatic hydroxyl groups is 1. The summed E-state index contributed by atoms with van der Waals surface area (Å²) < 4.78 is 0. The number of aromatic carboxylic acids is 1. The Labute approximate surface area is 94.9 Å². The van der Waals surface area contributed by atoms with Gasteiger partial charge >= 0.3 is 11.7 Å². The Bertz CT molecular complexity index is 635. The SMILES string of the molecule is O=C(O)c1cc(O)c([N+](=O)[O-])c2ccccc12. The van der Waals surface area contributed by atoms with Crippen LogP contribution in [0, 0.1) is 10.1 Å². The first-order valence-corrected chi connectivity index (χ1v) is 4.64. The van der Waals surface area contributed by atoms with Gasteiger partial charge in [0.1, 0.15) is 0 Å². The second-order valence-corrected chi connectivity index (χ2v) is 3.40. The molecule has 2 aromatic rings. The summed E-state index contributed by atoms with van der Waals surface area (Å²) in [6.45, 7) is 0. The number of hydrogen-bond donors (Lipinski definition) is 2. The molecule has 0 heterocycles. The smallest absolute Gasteiger partial charge is 0.336 e. The number of rotatable bonds is 2. The largest absolute Gasteiger partial charge is 0.502 e. The quantitative estimate of drug-likeness (QED) is 0.611. The molecule has 0 aliphatic rings. The molecule has 6 heteroatoms. The van der Waals surface area contributed by atoms with E-state index in [2.05, 4.69) is 0 Å². The van der Waals surface area contributed by atoms with E-state index in [1.54, 1.807) is 12.1 Å². The van der Waals surface area contributed by atoms with Crippen molar-refractivity contribution in [2.24, 2.45) is 0 Å². The maximum atomic E-state index is 11.0. The molecule has 0 aromatic heterocycles. The van der Waals surface area contributed by atoms with Gasteiger partial charge in [-0.3, -0.25) is 10.1 Å². The maximum Gasteiger partial charge on any atom is 0.336 e. The van der Waals surface area contributed by atoms with Crippen LogP contribution in [0.1, 0.15) is 10.4 Å². The number of carboxylic acids is 1. The molecule has 0 saturated carbocycles. The molecule has 0 unspecified atom stereocenters. The van der Waals surface area contributed by atoms with Crippen molar-refractivity contribution >= 4 is 22.4 Å². The molecule has 0 saturated heterocycles. The predicted octanol–water partition coefficient (Wildman–Crippen LogP) is 2.15. The highest BCUT2D eigenvalue weighted by Crippen LogP contribution is 2.36. The van der Waals surface area contributed by atoms with Gasteiger partial charge in [0, 0.05) is 11.5 Å². The lowest BCUT2D eigenvalue weighted by Crippen LogP contribution is -2.00. The molecule has 2 N–H and O–H groups in total. The average molecular weight is 233 g/mol. The summed E-state index contributed by atoms with van der Waals surface area (Å²) in [6, 6.07) is 6.88. The molecular formula is C11H7NO5. The normalized spacial score (nSPS) is 10.4. The van der Waals surface area contributed by atoms with Crippen molar-refractivity contribution in [3.05, 3.63) is 46.0 Å². The molecule has 0 amide bonds. The molecular weight excluding hydrogens is 226 g/mol. The van der Waals surface area contributed by atoms with Gasteiger partial charge in [-0.2, -0.15) is 0 Å². The van der Waals surface area contributed by atoms with E-state index in [-0.39, 0.29) is 16.3 Å². The fourth-order valence-electron chi connectivity index (χ4n) is 1.71. The summed E-state index contributed by atoms with van der Waals surface area (Å²) in [5, 5.41) is 29.6. The summed E-state index contributed by atoms with van der Waals surface area (Å²) >= 11 is 0. The van der Waals surface area contributed by atoms with Gasteiger partial charge in [-0.15, -0.1) is 0 Å². The number of nitrogens with zero attached hydrogens (tertiary/aromatic N) is 1. The van der Waals surface area contributed by atoms with Crippen molar-refractivity contribution < 1.29 is 19.9 Å². The van der Waals surface area contributed by atoms with E-state index < -0.39 is 22.3 Å². The molecule has 0 bridgehead atoms. The number of hydrogen-bond acceptors (Lipinski definition) is 4. The Morgan fingerprint density at radius 1 is 1.24 bits per heavy atom. The zero-order valence-electron chi connectivity index (χ0n) is 8.45. The summed E-state index contributed by atoms with van der Waals surface area (Å²) in [7, 11) is 0. The molecule has 0 aliphatic carbocycles. The van der Waals surface area contributed by atoms with E-state index in [9.17, 15) is 20.0 Å². The van der Waals surface area contributed by atoms with Crippen molar-refractivity contribution in [2.75, 3.05) is 0 Å². The zero-order valence-corrected chi connectivity index (χ0v) is 8.45. The van der Waals surface area contributed by atoms with Crippen molar-refractivity contribution in [2.45, 2.75) is 0 Å². The number of benzene rings is 2. The van der Waals surface area contributed by atoms with Crippen LogP contribution < -0.4 is 0 Å². The van der Waals surface area contributed by atoms with Gasteiger partial charge in [0.05, 0.1) is 15.9 Å². The Morgan fingerprint density at radius 2 is 1.82 bits per heavy atom. The number of phenols is 1. The van der Waals surface area contributed by atoms with Crippen LogP contribution in [-0.2, 0) is 0 Å². The fraction of sp³-hybridized carbons (Fsp3) is 0. The lowest BCUT2D eigenvalue weighted by atomic mass is 10.0. The second-order valence-electron chi connectivity index (χ2n) is 3.40. The molecule has 17 heavy (non-hydrogen) atoms. The summed E-state index contributed by atoms with van der Waals surface area (Å²) in [4.78, 5) is 21.0. The van der Waals surface area contributed by atoms with Crippen molar-refractivity contribution in [1.82, 2.24) is 0 Å². The number of nitro benzene ring substituents is 1. The Morgan fingerprint density at radius 3 is 2.35 bits per heavy atom. The van der Waals surface area contributed by atoms with E-state index in [0.717, 1.165) is 6.07 Å². The molecule has 0 radical (unpaired) electrons. The lowest BCUT2D eigenvalue weighted by molar-refractivity contribution is -0.384. The summed E-state index contributed by atoms with van der Waals surface area (Å²) in [5.41, 5.74) is -0.644. The first kappa shape index (κ1) is 10.9. The lowest BCUT2D eigenvalue weighted by Gasteiger charge is -2.05. The van der Waals surface area contributed by atoms with Crippen molar-refractivity contribution in [3.8, 4) is 5.75 Å². The first-order chi connectivity index (χ1) is 8.02. The Hall–Kier alpha value is -2.63. The minimum atomic E-state index is -1.24. The van der Waals surface area contributed by atoms with Gasteiger partial charge in [-0.05, 0) is 6.07 Å². The van der Waals surface area contributed by atoms with Crippen LogP contribution in [0.15, 0.2) is 30.3 Å². The van der Waals surface area contributed by atoms with E-state index in [0.29, 0.717) is 0 Å². The number of nitro groups is 1. The van der Waals surface area contributed by atoms with Gasteiger partial charge in [-0.25, -0.2) is 4.79 Å². The highest BCUT2D eigenvalue weighted by Gasteiger charge is 2.22. The van der Waals surface area contributed by atoms with Gasteiger partial charge in [0.25, 0.3) is 0 Å². The third-order valence-electron chi connectivity index (χ3n) is 2.41. The summed E-state index contributed by atoms with van der Waals surface area (Å²) in [5.74, 6) is -1.89. The molecule has 0 aliphatic heterocycles. The van der Waals surface area contributed by atoms with Crippen LogP contribution in [0.2, 0.25) is 0 Å². The van der Waals surface area contributed by atoms with Crippen molar-refractivity contribution in [3.63, 3.8) is 0 Å². The van der Waals surface area contributed by atoms with Crippen molar-refractivity contribution in [1.29, 1.82) is 0 Å². The molecule has 6 nitrogen and oxygen atoms in total. The van der Waals surface area contributed by atoms with Gasteiger partial charge < -0.3 is 10.2 Å². The number of carboxylic acid groups (broad SMARTS) is 1. The van der Waals surface area contributed by atoms with E-state index in [1.165, 1.54) is 12.1 Å². The van der Waals surface area contributed by atoms with Gasteiger partial charge in [0.15, 0.2) is 5.75 Å². The topological polar surface area (TPSA) is 101 Å². The number of carbonyl (C=O) groups is 1. The third kappa shape index (κ3) is 1.65. The fourth-order valence-corrected chi connectivity index (χ4v) is 1.71.